The zero-order chi connectivity index (χ0) is 10.7. The van der Waals surface area contributed by atoms with Crippen molar-refractivity contribution < 1.29 is 14.6 Å². The second-order valence-electron chi connectivity index (χ2n) is 4.48. The third-order valence-corrected chi connectivity index (χ3v) is 3.36. The van der Waals surface area contributed by atoms with Crippen molar-refractivity contribution in [1.29, 1.82) is 0 Å². The Balaban J connectivity index is 1.84. The van der Waals surface area contributed by atoms with E-state index in [4.69, 9.17) is 9.84 Å². The maximum atomic E-state index is 11.0. The van der Waals surface area contributed by atoms with Crippen LogP contribution >= 0.6 is 0 Å². The topological polar surface area (TPSA) is 49.8 Å². The van der Waals surface area contributed by atoms with E-state index in [9.17, 15) is 4.79 Å². The van der Waals surface area contributed by atoms with Crippen LogP contribution in [0.2, 0.25) is 0 Å². The Labute approximate surface area is 90.2 Å². The Bertz CT molecular complexity index is 226. The van der Waals surface area contributed by atoms with Crippen LogP contribution in [0.25, 0.3) is 0 Å². The molecule has 4 heteroatoms. The van der Waals surface area contributed by atoms with Crippen molar-refractivity contribution in [1.82, 2.24) is 4.90 Å². The molecule has 86 valence electrons. The van der Waals surface area contributed by atoms with Gasteiger partial charge in [0.2, 0.25) is 0 Å². The number of carboxylic acid groups (broad SMARTS) is 1. The summed E-state index contributed by atoms with van der Waals surface area (Å²) in [4.78, 5) is 13.0. The van der Waals surface area contributed by atoms with Gasteiger partial charge in [0.15, 0.2) is 0 Å². The molecule has 2 rings (SSSR count). The molecule has 0 aromatic rings. The Morgan fingerprint density at radius 1 is 1.33 bits per heavy atom. The van der Waals surface area contributed by atoms with Gasteiger partial charge in [0.05, 0.1) is 6.10 Å². The fraction of sp³-hybridized carbons (Fsp3) is 0.909. The van der Waals surface area contributed by atoms with E-state index in [2.05, 4.69) is 4.90 Å². The molecule has 15 heavy (non-hydrogen) atoms. The molecule has 0 aliphatic carbocycles. The van der Waals surface area contributed by atoms with Gasteiger partial charge in [-0.05, 0) is 38.6 Å². The van der Waals surface area contributed by atoms with Crippen LogP contribution in [0.3, 0.4) is 0 Å². The first kappa shape index (κ1) is 10.9. The van der Waals surface area contributed by atoms with Crippen molar-refractivity contribution in [2.45, 2.75) is 44.2 Å². The third-order valence-electron chi connectivity index (χ3n) is 3.36. The number of hydrogen-bond donors (Lipinski definition) is 1. The van der Waals surface area contributed by atoms with E-state index in [0.29, 0.717) is 0 Å². The molecule has 0 radical (unpaired) electrons. The minimum Gasteiger partial charge on any atom is -0.480 e. The molecule has 0 amide bonds. The van der Waals surface area contributed by atoms with Crippen LogP contribution in [0.5, 0.6) is 0 Å². The average Bonchev–Trinajstić information content (AvgIpc) is 2.67. The van der Waals surface area contributed by atoms with Crippen molar-refractivity contribution in [3.8, 4) is 0 Å². The summed E-state index contributed by atoms with van der Waals surface area (Å²) in [5.41, 5.74) is 0. The van der Waals surface area contributed by atoms with E-state index in [0.717, 1.165) is 45.4 Å². The van der Waals surface area contributed by atoms with Gasteiger partial charge in [-0.25, -0.2) is 0 Å². The second kappa shape index (κ2) is 4.94. The normalized spacial score (nSPS) is 33.1. The van der Waals surface area contributed by atoms with Gasteiger partial charge in [-0.15, -0.1) is 0 Å². The van der Waals surface area contributed by atoms with E-state index in [1.54, 1.807) is 0 Å². The highest BCUT2D eigenvalue weighted by molar-refractivity contribution is 5.73. The second-order valence-corrected chi connectivity index (χ2v) is 4.48. The van der Waals surface area contributed by atoms with Crippen molar-refractivity contribution in [2.75, 3.05) is 19.7 Å². The summed E-state index contributed by atoms with van der Waals surface area (Å²) in [5.74, 6) is -0.677. The number of likely N-dealkylation sites (tertiary alicyclic amines) is 1. The lowest BCUT2D eigenvalue weighted by molar-refractivity contribution is -0.142. The Kier molecular flexibility index (Phi) is 3.59. The summed E-state index contributed by atoms with van der Waals surface area (Å²) in [6.07, 6.45) is 5.52. The number of nitrogens with zero attached hydrogens (tertiary/aromatic N) is 1. The lowest BCUT2D eigenvalue weighted by atomic mass is 10.1. The highest BCUT2D eigenvalue weighted by atomic mass is 16.5. The predicted octanol–water partition coefficient (Wildman–Crippen LogP) is 1.10. The van der Waals surface area contributed by atoms with E-state index in [1.807, 2.05) is 0 Å². The van der Waals surface area contributed by atoms with Gasteiger partial charge in [0.1, 0.15) is 6.04 Å². The number of aliphatic carboxylic acids is 1. The molecule has 1 N–H and O–H groups in total. The smallest absolute Gasteiger partial charge is 0.320 e. The SMILES string of the molecule is O=C(O)C1CCCN1CC1CCCCO1. The molecular weight excluding hydrogens is 194 g/mol. The van der Waals surface area contributed by atoms with Crippen molar-refractivity contribution in [3.63, 3.8) is 0 Å². The molecule has 2 unspecified atom stereocenters. The highest BCUT2D eigenvalue weighted by Gasteiger charge is 2.32. The van der Waals surface area contributed by atoms with E-state index in [-0.39, 0.29) is 12.1 Å². The van der Waals surface area contributed by atoms with Gasteiger partial charge in [0.25, 0.3) is 0 Å². The first-order valence-corrected chi connectivity index (χ1v) is 5.86. The lowest BCUT2D eigenvalue weighted by Crippen LogP contribution is -2.42. The molecule has 2 saturated heterocycles. The fourth-order valence-electron chi connectivity index (χ4n) is 2.54. The van der Waals surface area contributed by atoms with Gasteiger partial charge in [0, 0.05) is 13.2 Å². The fourth-order valence-corrected chi connectivity index (χ4v) is 2.54. The lowest BCUT2D eigenvalue weighted by Gasteiger charge is -2.29. The van der Waals surface area contributed by atoms with Crippen LogP contribution < -0.4 is 0 Å². The minimum atomic E-state index is -0.677. The molecule has 2 aliphatic heterocycles. The molecule has 4 nitrogen and oxygen atoms in total. The Morgan fingerprint density at radius 2 is 2.20 bits per heavy atom. The van der Waals surface area contributed by atoms with E-state index >= 15 is 0 Å². The van der Waals surface area contributed by atoms with Gasteiger partial charge in [-0.3, -0.25) is 9.69 Å². The van der Waals surface area contributed by atoms with Gasteiger partial charge in [-0.2, -0.15) is 0 Å². The first-order chi connectivity index (χ1) is 7.27. The minimum absolute atomic E-state index is 0.263. The predicted molar refractivity (Wildman–Crippen MR) is 55.8 cm³/mol. The number of carbonyl (C=O) groups is 1. The molecule has 2 aliphatic rings. The van der Waals surface area contributed by atoms with Crippen LogP contribution in [-0.4, -0.2) is 47.8 Å². The monoisotopic (exact) mass is 213 g/mol. The molecule has 0 saturated carbocycles. The summed E-state index contributed by atoms with van der Waals surface area (Å²) < 4.78 is 5.63. The summed E-state index contributed by atoms with van der Waals surface area (Å²) in [5, 5.41) is 9.03. The van der Waals surface area contributed by atoms with Crippen LogP contribution in [0.1, 0.15) is 32.1 Å². The summed E-state index contributed by atoms with van der Waals surface area (Å²) >= 11 is 0. The Hall–Kier alpha value is -0.610. The number of carboxylic acids is 1. The first-order valence-electron chi connectivity index (χ1n) is 5.86. The van der Waals surface area contributed by atoms with Crippen LogP contribution in [0.4, 0.5) is 0 Å². The summed E-state index contributed by atoms with van der Waals surface area (Å²) in [7, 11) is 0. The molecule has 2 heterocycles. The summed E-state index contributed by atoms with van der Waals surface area (Å²) in [6.45, 7) is 2.56. The largest absolute Gasteiger partial charge is 0.480 e. The highest BCUT2D eigenvalue weighted by Crippen LogP contribution is 2.21. The van der Waals surface area contributed by atoms with Crippen LogP contribution in [0.15, 0.2) is 0 Å². The van der Waals surface area contributed by atoms with Crippen molar-refractivity contribution >= 4 is 5.97 Å². The number of ether oxygens (including phenoxy) is 1. The molecule has 0 aromatic carbocycles. The molecule has 2 fully saturated rings. The maximum absolute atomic E-state index is 11.0. The number of rotatable bonds is 3. The molecule has 2 atom stereocenters. The van der Waals surface area contributed by atoms with Gasteiger partial charge in [-0.1, -0.05) is 0 Å². The Morgan fingerprint density at radius 3 is 2.87 bits per heavy atom. The van der Waals surface area contributed by atoms with Crippen LogP contribution in [0, 0.1) is 0 Å². The standard InChI is InChI=1S/C11H19NO3/c13-11(14)10-5-3-6-12(10)8-9-4-1-2-7-15-9/h9-10H,1-8H2,(H,13,14). The quantitative estimate of drug-likeness (QED) is 0.763. The molecule has 0 bridgehead atoms. The van der Waals surface area contributed by atoms with Gasteiger partial charge >= 0.3 is 5.97 Å². The molecule has 0 aromatic heterocycles. The van der Waals surface area contributed by atoms with Crippen molar-refractivity contribution in [2.24, 2.45) is 0 Å². The van der Waals surface area contributed by atoms with Crippen molar-refractivity contribution in [3.05, 3.63) is 0 Å². The maximum Gasteiger partial charge on any atom is 0.320 e. The van der Waals surface area contributed by atoms with E-state index < -0.39 is 5.97 Å². The molecular formula is C11H19NO3. The zero-order valence-electron chi connectivity index (χ0n) is 9.02. The zero-order valence-corrected chi connectivity index (χ0v) is 9.02. The third kappa shape index (κ3) is 2.69. The average molecular weight is 213 g/mol. The van der Waals surface area contributed by atoms with Crippen LogP contribution in [-0.2, 0) is 9.53 Å². The van der Waals surface area contributed by atoms with E-state index in [1.165, 1.54) is 6.42 Å². The summed E-state index contributed by atoms with van der Waals surface area (Å²) in [6, 6.07) is -0.268. The molecule has 0 spiro atoms. The number of hydrogen-bond acceptors (Lipinski definition) is 3. The van der Waals surface area contributed by atoms with Gasteiger partial charge < -0.3 is 9.84 Å².